The molecule has 3 aromatic rings. The molecule has 1 aliphatic heterocycles. The summed E-state index contributed by atoms with van der Waals surface area (Å²) in [5.74, 6) is 0. The van der Waals surface area contributed by atoms with Crippen LogP contribution >= 0.6 is 0 Å². The Bertz CT molecular complexity index is 849. The lowest BCUT2D eigenvalue weighted by atomic mass is 9.96. The van der Waals surface area contributed by atoms with Crippen LogP contribution in [-0.2, 0) is 0 Å². The van der Waals surface area contributed by atoms with E-state index in [0.29, 0.717) is 0 Å². The molecule has 0 amide bonds. The van der Waals surface area contributed by atoms with Crippen molar-refractivity contribution >= 4 is 11.4 Å². The largest absolute Gasteiger partial charge is 0.363 e. The number of fused-ring (bicyclic) bond motifs is 1. The molecule has 0 aromatic heterocycles. The second-order valence-electron chi connectivity index (χ2n) is 5.79. The van der Waals surface area contributed by atoms with E-state index in [1.54, 1.807) is 0 Å². The summed E-state index contributed by atoms with van der Waals surface area (Å²) in [5, 5.41) is 3.41. The maximum atomic E-state index is 4.80. The van der Waals surface area contributed by atoms with Gasteiger partial charge in [0.25, 0.3) is 0 Å². The molecule has 0 saturated carbocycles. The summed E-state index contributed by atoms with van der Waals surface area (Å²) >= 11 is 0. The molecular weight excluding hydrogens is 280 g/mol. The van der Waals surface area contributed by atoms with Crippen LogP contribution in [0.1, 0.15) is 18.1 Å². The normalized spacial score (nSPS) is 16.2. The van der Waals surface area contributed by atoms with E-state index in [9.17, 15) is 0 Å². The van der Waals surface area contributed by atoms with Gasteiger partial charge in [0.05, 0.1) is 5.71 Å². The number of hydrogen-bond donors (Lipinski definition) is 1. The van der Waals surface area contributed by atoms with E-state index >= 15 is 0 Å². The fourth-order valence-electron chi connectivity index (χ4n) is 3.02. The highest BCUT2D eigenvalue weighted by atomic mass is 15.1. The molecule has 23 heavy (non-hydrogen) atoms. The van der Waals surface area contributed by atoms with Gasteiger partial charge in [-0.1, -0.05) is 72.8 Å². The smallest absolute Gasteiger partial charge is 0.116 e. The molecule has 2 nitrogen and oxygen atoms in total. The zero-order chi connectivity index (χ0) is 15.6. The molecule has 1 unspecified atom stereocenters. The van der Waals surface area contributed by atoms with Crippen molar-refractivity contribution in [3.8, 4) is 11.1 Å². The van der Waals surface area contributed by atoms with E-state index in [1.165, 1.54) is 11.1 Å². The van der Waals surface area contributed by atoms with Crippen LogP contribution in [0.15, 0.2) is 83.9 Å². The Morgan fingerprint density at radius 2 is 1.30 bits per heavy atom. The van der Waals surface area contributed by atoms with Crippen LogP contribution in [0.3, 0.4) is 0 Å². The van der Waals surface area contributed by atoms with Crippen LogP contribution in [-0.4, -0.2) is 11.9 Å². The second-order valence-corrected chi connectivity index (χ2v) is 5.79. The highest BCUT2D eigenvalue weighted by Gasteiger charge is 2.18. The number of benzene rings is 3. The standard InChI is InChI=1S/C21H18N2/c1-15-22-20-10-6-5-9-19(20)21(23-15)18-13-11-17(12-14-18)16-7-3-2-4-8-16/h2-15,22H,1H3. The zero-order valence-electron chi connectivity index (χ0n) is 13.0. The van der Waals surface area contributed by atoms with Gasteiger partial charge in [-0.2, -0.15) is 0 Å². The monoisotopic (exact) mass is 298 g/mol. The van der Waals surface area contributed by atoms with E-state index in [0.717, 1.165) is 22.5 Å². The van der Waals surface area contributed by atoms with E-state index < -0.39 is 0 Å². The summed E-state index contributed by atoms with van der Waals surface area (Å²) in [6.07, 6.45) is 0.0914. The number of para-hydroxylation sites is 1. The first-order chi connectivity index (χ1) is 11.3. The fraction of sp³-hybridized carbons (Fsp3) is 0.0952. The number of aliphatic imine (C=N–C) groups is 1. The maximum Gasteiger partial charge on any atom is 0.116 e. The Morgan fingerprint density at radius 1 is 0.696 bits per heavy atom. The number of anilines is 1. The molecule has 0 aliphatic carbocycles. The molecule has 2 heteroatoms. The van der Waals surface area contributed by atoms with Crippen molar-refractivity contribution in [1.82, 2.24) is 0 Å². The zero-order valence-corrected chi connectivity index (χ0v) is 13.0. The van der Waals surface area contributed by atoms with Crippen LogP contribution in [0.5, 0.6) is 0 Å². The van der Waals surface area contributed by atoms with Crippen LogP contribution in [0.2, 0.25) is 0 Å². The van der Waals surface area contributed by atoms with Gasteiger partial charge >= 0.3 is 0 Å². The topological polar surface area (TPSA) is 24.4 Å². The maximum absolute atomic E-state index is 4.80. The molecular formula is C21H18N2. The quantitative estimate of drug-likeness (QED) is 0.710. The SMILES string of the molecule is CC1N=C(c2ccc(-c3ccccc3)cc2)c2ccccc2N1. The Morgan fingerprint density at radius 3 is 2.09 bits per heavy atom. The van der Waals surface area contributed by atoms with E-state index in [1.807, 2.05) is 6.07 Å². The molecule has 0 radical (unpaired) electrons. The lowest BCUT2D eigenvalue weighted by Gasteiger charge is -2.23. The third-order valence-corrected chi connectivity index (χ3v) is 4.13. The Labute approximate surface area is 136 Å². The highest BCUT2D eigenvalue weighted by molar-refractivity contribution is 6.17. The lowest BCUT2D eigenvalue weighted by molar-refractivity contribution is 0.843. The molecule has 4 rings (SSSR count). The molecule has 0 fully saturated rings. The van der Waals surface area contributed by atoms with Gasteiger partial charge < -0.3 is 5.32 Å². The van der Waals surface area contributed by atoms with Crippen molar-refractivity contribution in [2.24, 2.45) is 4.99 Å². The van der Waals surface area contributed by atoms with Crippen LogP contribution in [0, 0.1) is 0 Å². The first-order valence-corrected chi connectivity index (χ1v) is 7.91. The van der Waals surface area contributed by atoms with Crippen molar-refractivity contribution in [3.05, 3.63) is 90.0 Å². The molecule has 1 heterocycles. The van der Waals surface area contributed by atoms with Crippen LogP contribution < -0.4 is 5.32 Å². The predicted octanol–water partition coefficient (Wildman–Crippen LogP) is 4.96. The fourth-order valence-corrected chi connectivity index (χ4v) is 3.02. The first-order valence-electron chi connectivity index (χ1n) is 7.91. The average Bonchev–Trinajstić information content (AvgIpc) is 2.62. The van der Waals surface area contributed by atoms with Gasteiger partial charge in [0.1, 0.15) is 6.17 Å². The molecule has 1 atom stereocenters. The third kappa shape index (κ3) is 2.64. The lowest BCUT2D eigenvalue weighted by Crippen LogP contribution is -2.23. The molecule has 1 N–H and O–H groups in total. The van der Waals surface area contributed by atoms with Crippen LogP contribution in [0.4, 0.5) is 5.69 Å². The average molecular weight is 298 g/mol. The number of nitrogens with one attached hydrogen (secondary N) is 1. The molecule has 1 aliphatic rings. The van der Waals surface area contributed by atoms with Crippen molar-refractivity contribution in [1.29, 1.82) is 0 Å². The van der Waals surface area contributed by atoms with Crippen molar-refractivity contribution in [2.45, 2.75) is 13.1 Å². The first kappa shape index (κ1) is 13.8. The molecule has 3 aromatic carbocycles. The van der Waals surface area contributed by atoms with Crippen molar-refractivity contribution in [3.63, 3.8) is 0 Å². The number of rotatable bonds is 2. The predicted molar refractivity (Wildman–Crippen MR) is 97.0 cm³/mol. The molecule has 0 spiro atoms. The summed E-state index contributed by atoms with van der Waals surface area (Å²) in [6.45, 7) is 2.08. The van der Waals surface area contributed by atoms with Gasteiger partial charge in [-0.15, -0.1) is 0 Å². The summed E-state index contributed by atoms with van der Waals surface area (Å²) in [7, 11) is 0. The Hall–Kier alpha value is -2.87. The van der Waals surface area contributed by atoms with Gasteiger partial charge in [-0.3, -0.25) is 4.99 Å². The van der Waals surface area contributed by atoms with E-state index in [-0.39, 0.29) is 6.17 Å². The summed E-state index contributed by atoms with van der Waals surface area (Å²) in [6, 6.07) is 27.5. The van der Waals surface area contributed by atoms with Crippen LogP contribution in [0.25, 0.3) is 11.1 Å². The van der Waals surface area contributed by atoms with Gasteiger partial charge in [-0.25, -0.2) is 0 Å². The second kappa shape index (κ2) is 5.73. The highest BCUT2D eigenvalue weighted by Crippen LogP contribution is 2.27. The van der Waals surface area contributed by atoms with Crippen molar-refractivity contribution < 1.29 is 0 Å². The summed E-state index contributed by atoms with van der Waals surface area (Å²) in [4.78, 5) is 4.80. The van der Waals surface area contributed by atoms with Gasteiger partial charge in [-0.05, 0) is 24.1 Å². The number of nitrogens with zero attached hydrogens (tertiary/aromatic N) is 1. The Kier molecular flexibility index (Phi) is 3.43. The summed E-state index contributed by atoms with van der Waals surface area (Å²) in [5.41, 5.74) is 7.00. The number of hydrogen-bond acceptors (Lipinski definition) is 2. The molecule has 0 saturated heterocycles. The Balaban J connectivity index is 1.74. The molecule has 0 bridgehead atoms. The van der Waals surface area contributed by atoms with E-state index in [4.69, 9.17) is 4.99 Å². The van der Waals surface area contributed by atoms with Gasteiger partial charge in [0.15, 0.2) is 0 Å². The van der Waals surface area contributed by atoms with Crippen molar-refractivity contribution in [2.75, 3.05) is 5.32 Å². The van der Waals surface area contributed by atoms with Gasteiger partial charge in [0.2, 0.25) is 0 Å². The summed E-state index contributed by atoms with van der Waals surface area (Å²) < 4.78 is 0. The van der Waals surface area contributed by atoms with Gasteiger partial charge in [0, 0.05) is 16.8 Å². The minimum absolute atomic E-state index is 0.0914. The van der Waals surface area contributed by atoms with E-state index in [2.05, 4.69) is 85.0 Å². The minimum atomic E-state index is 0.0914. The third-order valence-electron chi connectivity index (χ3n) is 4.13. The minimum Gasteiger partial charge on any atom is -0.363 e. The molecule has 112 valence electrons.